The summed E-state index contributed by atoms with van der Waals surface area (Å²) in [6.45, 7) is 0. The van der Waals surface area contributed by atoms with Gasteiger partial charge in [0.2, 0.25) is 0 Å². The van der Waals surface area contributed by atoms with E-state index in [0.29, 0.717) is 6.26 Å². The van der Waals surface area contributed by atoms with Gasteiger partial charge in [0.15, 0.2) is 0 Å². The molecule has 0 aromatic carbocycles. The minimum atomic E-state index is -0.357. The molecule has 0 unspecified atom stereocenters. The summed E-state index contributed by atoms with van der Waals surface area (Å²) in [6, 6.07) is 0. The predicted octanol–water partition coefficient (Wildman–Crippen LogP) is 1.84. The first-order valence-electron chi connectivity index (χ1n) is 1.42. The van der Waals surface area contributed by atoms with E-state index in [1.807, 2.05) is 0 Å². The normalized spacial score (nSPS) is 11.4. The van der Waals surface area contributed by atoms with E-state index in [2.05, 4.69) is 0 Å². The molecule has 0 aliphatic rings. The highest BCUT2D eigenvalue weighted by Gasteiger charge is 1.92. The molecule has 0 fully saturated rings. The van der Waals surface area contributed by atoms with Crippen molar-refractivity contribution in [2.75, 3.05) is 0 Å². The van der Waals surface area contributed by atoms with Crippen LogP contribution in [0.4, 0.5) is 0 Å². The molecule has 0 rings (SSSR count). The fraction of sp³-hybridized carbons (Fsp3) is 0. The van der Waals surface area contributed by atoms with E-state index in [1.165, 1.54) is 0 Å². The van der Waals surface area contributed by atoms with Crippen LogP contribution in [0.15, 0.2) is 11.3 Å². The molecule has 0 spiro atoms. The molecular weight excluding hydrogens is 137 g/mol. The average molecular weight is 140 g/mol. The number of nitrogens with one attached hydrogen (secondary N) is 1. The summed E-state index contributed by atoms with van der Waals surface area (Å²) in [6.07, 6.45) is 0.566. The molecular formula is C3H3Cl2NO. The summed E-state index contributed by atoms with van der Waals surface area (Å²) < 4.78 is 0. The number of halogens is 2. The molecule has 2 nitrogen and oxygen atoms in total. The summed E-state index contributed by atoms with van der Waals surface area (Å²) in [5.41, 5.74) is 0. The van der Waals surface area contributed by atoms with Gasteiger partial charge in [0.05, 0.1) is 0 Å². The van der Waals surface area contributed by atoms with Crippen molar-refractivity contribution in [1.29, 1.82) is 5.41 Å². The van der Waals surface area contributed by atoms with Gasteiger partial charge in [-0.25, -0.2) is 0 Å². The average Bonchev–Trinajstić information content (AvgIpc) is 1.65. The summed E-state index contributed by atoms with van der Waals surface area (Å²) in [5.74, 6) is 0. The molecule has 0 atom stereocenters. The first-order chi connectivity index (χ1) is 3.18. The van der Waals surface area contributed by atoms with E-state index in [0.717, 1.165) is 0 Å². The van der Waals surface area contributed by atoms with E-state index < -0.39 is 0 Å². The summed E-state index contributed by atoms with van der Waals surface area (Å²) in [4.78, 5) is 0. The highest BCUT2D eigenvalue weighted by molar-refractivity contribution is 6.75. The zero-order valence-electron chi connectivity index (χ0n) is 3.28. The van der Waals surface area contributed by atoms with Crippen molar-refractivity contribution < 1.29 is 5.11 Å². The standard InChI is InChI=1S/C3H3Cl2NO/c4-2(1-7)3(5)6/h1,6-7H/b2-1-,6-3?. The summed E-state index contributed by atoms with van der Waals surface area (Å²) >= 11 is 10.0. The molecule has 0 bridgehead atoms. The van der Waals surface area contributed by atoms with Crippen molar-refractivity contribution in [2.24, 2.45) is 0 Å². The fourth-order valence-electron chi connectivity index (χ4n) is 0.0567. The molecule has 0 amide bonds. The quantitative estimate of drug-likeness (QED) is 0.423. The van der Waals surface area contributed by atoms with Gasteiger partial charge in [-0.3, -0.25) is 5.41 Å². The Morgan fingerprint density at radius 2 is 2.00 bits per heavy atom. The lowest BCUT2D eigenvalue weighted by atomic mass is 10.7. The highest BCUT2D eigenvalue weighted by Crippen LogP contribution is 2.03. The van der Waals surface area contributed by atoms with Gasteiger partial charge in [-0.2, -0.15) is 0 Å². The first kappa shape index (κ1) is 6.79. The fourth-order valence-corrected chi connectivity index (χ4v) is 0.105. The number of aliphatic hydroxyl groups is 1. The number of hydrogen-bond donors (Lipinski definition) is 2. The van der Waals surface area contributed by atoms with Crippen LogP contribution in [0.25, 0.3) is 0 Å². The van der Waals surface area contributed by atoms with Crippen molar-refractivity contribution in [2.45, 2.75) is 0 Å². The van der Waals surface area contributed by atoms with Crippen LogP contribution in [0.5, 0.6) is 0 Å². The second-order valence-corrected chi connectivity index (χ2v) is 1.58. The van der Waals surface area contributed by atoms with Crippen molar-refractivity contribution in [3.8, 4) is 0 Å². The van der Waals surface area contributed by atoms with Gasteiger partial charge in [-0.1, -0.05) is 23.2 Å². The maximum absolute atomic E-state index is 7.99. The zero-order valence-corrected chi connectivity index (χ0v) is 4.79. The van der Waals surface area contributed by atoms with Gasteiger partial charge >= 0.3 is 0 Å². The maximum Gasteiger partial charge on any atom is 0.142 e. The van der Waals surface area contributed by atoms with E-state index in [-0.39, 0.29) is 10.2 Å². The Kier molecular flexibility index (Phi) is 2.79. The van der Waals surface area contributed by atoms with Gasteiger partial charge in [0, 0.05) is 0 Å². The second-order valence-electron chi connectivity index (χ2n) is 0.791. The Balaban J connectivity index is 3.82. The van der Waals surface area contributed by atoms with Crippen LogP contribution in [0.2, 0.25) is 0 Å². The highest BCUT2D eigenvalue weighted by atomic mass is 35.5. The molecule has 0 saturated heterocycles. The molecule has 0 aliphatic heterocycles. The van der Waals surface area contributed by atoms with Gasteiger partial charge in [-0.15, -0.1) is 0 Å². The molecule has 7 heavy (non-hydrogen) atoms. The molecule has 0 saturated carbocycles. The van der Waals surface area contributed by atoms with Crippen LogP contribution >= 0.6 is 23.2 Å². The first-order valence-corrected chi connectivity index (χ1v) is 2.18. The van der Waals surface area contributed by atoms with E-state index in [1.54, 1.807) is 0 Å². The molecule has 4 heteroatoms. The lowest BCUT2D eigenvalue weighted by Crippen LogP contribution is -1.80. The van der Waals surface area contributed by atoms with Crippen LogP contribution in [0, 0.1) is 5.41 Å². The largest absolute Gasteiger partial charge is 0.514 e. The molecule has 0 aromatic heterocycles. The Morgan fingerprint density at radius 1 is 1.57 bits per heavy atom. The van der Waals surface area contributed by atoms with Gasteiger partial charge in [0.25, 0.3) is 0 Å². The van der Waals surface area contributed by atoms with Crippen LogP contribution in [-0.4, -0.2) is 10.3 Å². The van der Waals surface area contributed by atoms with Gasteiger partial charge < -0.3 is 5.11 Å². The predicted molar refractivity (Wildman–Crippen MR) is 30.1 cm³/mol. The SMILES string of the molecule is N=C(Cl)/C(Cl)=C/O. The summed E-state index contributed by atoms with van der Waals surface area (Å²) in [7, 11) is 0. The summed E-state index contributed by atoms with van der Waals surface area (Å²) in [5, 5.41) is 14.0. The minimum Gasteiger partial charge on any atom is -0.514 e. The number of rotatable bonds is 1. The molecule has 2 N–H and O–H groups in total. The van der Waals surface area contributed by atoms with Gasteiger partial charge in [0.1, 0.15) is 16.5 Å². The minimum absolute atomic E-state index is 0.151. The zero-order chi connectivity index (χ0) is 5.86. The van der Waals surface area contributed by atoms with Crippen LogP contribution in [0.1, 0.15) is 0 Å². The number of aliphatic hydroxyl groups excluding tert-OH is 1. The number of hydrogen-bond acceptors (Lipinski definition) is 2. The molecule has 40 valence electrons. The van der Waals surface area contributed by atoms with Crippen LogP contribution in [-0.2, 0) is 0 Å². The molecule has 0 radical (unpaired) electrons. The molecule has 0 heterocycles. The topological polar surface area (TPSA) is 44.1 Å². The van der Waals surface area contributed by atoms with Gasteiger partial charge in [-0.05, 0) is 0 Å². The maximum atomic E-state index is 7.99. The van der Waals surface area contributed by atoms with E-state index in [9.17, 15) is 0 Å². The molecule has 0 aliphatic carbocycles. The monoisotopic (exact) mass is 139 g/mol. The van der Waals surface area contributed by atoms with E-state index >= 15 is 0 Å². The van der Waals surface area contributed by atoms with Crippen LogP contribution in [0.3, 0.4) is 0 Å². The van der Waals surface area contributed by atoms with E-state index in [4.69, 9.17) is 33.7 Å². The second kappa shape index (κ2) is 2.88. The Hall–Kier alpha value is -0.210. The molecule has 0 aromatic rings. The Bertz CT molecular complexity index is 110. The lowest BCUT2D eigenvalue weighted by Gasteiger charge is -1.82. The van der Waals surface area contributed by atoms with Crippen molar-refractivity contribution in [1.82, 2.24) is 0 Å². The third kappa shape index (κ3) is 2.48. The van der Waals surface area contributed by atoms with Crippen LogP contribution < -0.4 is 0 Å². The Labute approximate surface area is 50.9 Å². The van der Waals surface area contributed by atoms with Crippen molar-refractivity contribution >= 4 is 28.4 Å². The smallest absolute Gasteiger partial charge is 0.142 e. The van der Waals surface area contributed by atoms with Crippen molar-refractivity contribution in [3.63, 3.8) is 0 Å². The third-order valence-electron chi connectivity index (χ3n) is 0.323. The Morgan fingerprint density at radius 3 is 2.00 bits per heavy atom. The number of allylic oxidation sites excluding steroid dienone is 1. The van der Waals surface area contributed by atoms with Crippen molar-refractivity contribution in [3.05, 3.63) is 11.3 Å². The lowest BCUT2D eigenvalue weighted by molar-refractivity contribution is 0.473. The third-order valence-corrected chi connectivity index (χ3v) is 0.910.